The Labute approximate surface area is 154 Å². The molecule has 26 heavy (non-hydrogen) atoms. The molecule has 140 valence electrons. The molecule has 1 saturated carbocycles. The lowest BCUT2D eigenvalue weighted by atomic mass is 10.1. The van der Waals surface area contributed by atoms with Crippen molar-refractivity contribution in [1.82, 2.24) is 14.2 Å². The van der Waals surface area contributed by atoms with Crippen LogP contribution in [-0.2, 0) is 10.0 Å². The largest absolute Gasteiger partial charge is 0.441 e. The Morgan fingerprint density at radius 3 is 2.58 bits per heavy atom. The highest BCUT2D eigenvalue weighted by Crippen LogP contribution is 2.32. The Hall–Kier alpha value is -1.70. The number of aryl methyl sites for hydroxylation is 2. The average Bonchev–Trinajstić information content (AvgIpc) is 3.36. The Kier molecular flexibility index (Phi) is 4.41. The van der Waals surface area contributed by atoms with Crippen LogP contribution in [0.25, 0.3) is 11.3 Å². The van der Waals surface area contributed by atoms with Crippen LogP contribution in [0.3, 0.4) is 0 Å². The fourth-order valence-electron chi connectivity index (χ4n) is 3.75. The molecule has 7 heteroatoms. The second kappa shape index (κ2) is 6.48. The topological polar surface area (TPSA) is 66.7 Å². The second-order valence-corrected chi connectivity index (χ2v) is 9.27. The van der Waals surface area contributed by atoms with Gasteiger partial charge in [0.25, 0.3) is 0 Å². The summed E-state index contributed by atoms with van der Waals surface area (Å²) in [6, 6.07) is 6.07. The van der Waals surface area contributed by atoms with E-state index in [2.05, 4.69) is 9.88 Å². The van der Waals surface area contributed by atoms with Gasteiger partial charge in [-0.3, -0.25) is 4.90 Å². The van der Waals surface area contributed by atoms with E-state index < -0.39 is 10.0 Å². The van der Waals surface area contributed by atoms with Crippen LogP contribution in [-0.4, -0.2) is 54.3 Å². The first-order chi connectivity index (χ1) is 12.4. The molecule has 1 aromatic heterocycles. The summed E-state index contributed by atoms with van der Waals surface area (Å²) in [4.78, 5) is 6.89. The van der Waals surface area contributed by atoms with Crippen LogP contribution < -0.4 is 0 Å². The van der Waals surface area contributed by atoms with E-state index in [0.29, 0.717) is 29.1 Å². The highest BCUT2D eigenvalue weighted by molar-refractivity contribution is 7.89. The number of hydrogen-bond donors (Lipinski definition) is 0. The number of nitrogens with zero attached hydrogens (tertiary/aromatic N) is 3. The predicted octanol–water partition coefficient (Wildman–Crippen LogP) is 2.82. The number of aromatic nitrogens is 1. The molecular weight excluding hydrogens is 350 g/mol. The average molecular weight is 375 g/mol. The number of benzene rings is 1. The molecule has 2 aliphatic rings. The molecule has 4 rings (SSSR count). The van der Waals surface area contributed by atoms with Gasteiger partial charge in [-0.1, -0.05) is 12.1 Å². The summed E-state index contributed by atoms with van der Waals surface area (Å²) in [5.41, 5.74) is 1.49. The maximum absolute atomic E-state index is 13.4. The van der Waals surface area contributed by atoms with E-state index >= 15 is 0 Å². The van der Waals surface area contributed by atoms with Crippen LogP contribution in [0.4, 0.5) is 0 Å². The maximum atomic E-state index is 13.4. The molecule has 1 atom stereocenters. The summed E-state index contributed by atoms with van der Waals surface area (Å²) < 4.78 is 33.9. The summed E-state index contributed by atoms with van der Waals surface area (Å²) in [6.45, 7) is 7.79. The number of hydrogen-bond acceptors (Lipinski definition) is 5. The minimum Gasteiger partial charge on any atom is -0.441 e. The third-order valence-corrected chi connectivity index (χ3v) is 7.50. The fourth-order valence-corrected chi connectivity index (χ4v) is 5.62. The molecule has 2 fully saturated rings. The van der Waals surface area contributed by atoms with Gasteiger partial charge in [0, 0.05) is 44.2 Å². The molecule has 2 aromatic rings. The summed E-state index contributed by atoms with van der Waals surface area (Å²) in [7, 11) is -3.55. The molecule has 1 unspecified atom stereocenters. The minimum atomic E-state index is -3.55. The Balaban J connectivity index is 1.65. The first-order valence-electron chi connectivity index (χ1n) is 9.15. The van der Waals surface area contributed by atoms with E-state index in [0.717, 1.165) is 24.2 Å². The van der Waals surface area contributed by atoms with Gasteiger partial charge in [-0.05, 0) is 38.3 Å². The van der Waals surface area contributed by atoms with Crippen molar-refractivity contribution in [3.05, 3.63) is 35.9 Å². The van der Waals surface area contributed by atoms with Crippen molar-refractivity contribution in [2.45, 2.75) is 50.6 Å². The minimum absolute atomic E-state index is 0.0232. The molecule has 0 spiro atoms. The second-order valence-electron chi connectivity index (χ2n) is 7.41. The van der Waals surface area contributed by atoms with E-state index in [1.807, 2.05) is 26.0 Å². The number of piperazine rings is 1. The predicted molar refractivity (Wildman–Crippen MR) is 99.4 cm³/mol. The molecule has 0 amide bonds. The molecular formula is C19H25N3O3S. The highest BCUT2D eigenvalue weighted by atomic mass is 32.2. The first kappa shape index (κ1) is 17.7. The van der Waals surface area contributed by atoms with Crippen LogP contribution >= 0.6 is 0 Å². The lowest BCUT2D eigenvalue weighted by Crippen LogP contribution is -2.54. The van der Waals surface area contributed by atoms with Gasteiger partial charge in [0.05, 0.1) is 11.1 Å². The van der Waals surface area contributed by atoms with E-state index in [1.165, 1.54) is 12.8 Å². The fraction of sp³-hybridized carbons (Fsp3) is 0.526. The van der Waals surface area contributed by atoms with E-state index in [1.54, 1.807) is 23.5 Å². The summed E-state index contributed by atoms with van der Waals surface area (Å²) in [5.74, 6) is 1.15. The normalized spacial score (nSPS) is 22.7. The van der Waals surface area contributed by atoms with Crippen LogP contribution in [0.15, 0.2) is 33.7 Å². The molecule has 0 N–H and O–H groups in total. The van der Waals surface area contributed by atoms with E-state index in [9.17, 15) is 8.42 Å². The van der Waals surface area contributed by atoms with Gasteiger partial charge in [-0.2, -0.15) is 4.31 Å². The smallest absolute Gasteiger partial charge is 0.243 e. The van der Waals surface area contributed by atoms with Gasteiger partial charge in [0.2, 0.25) is 10.0 Å². The van der Waals surface area contributed by atoms with Gasteiger partial charge in [-0.15, -0.1) is 0 Å². The molecule has 6 nitrogen and oxygen atoms in total. The lowest BCUT2D eigenvalue weighted by Gasteiger charge is -2.39. The van der Waals surface area contributed by atoms with E-state index in [4.69, 9.17) is 4.42 Å². The van der Waals surface area contributed by atoms with Gasteiger partial charge < -0.3 is 4.42 Å². The number of oxazole rings is 1. The van der Waals surface area contributed by atoms with Crippen LogP contribution in [0.1, 0.15) is 31.2 Å². The van der Waals surface area contributed by atoms with Gasteiger partial charge in [0.1, 0.15) is 0 Å². The van der Waals surface area contributed by atoms with E-state index in [-0.39, 0.29) is 6.04 Å². The zero-order valence-electron chi connectivity index (χ0n) is 15.5. The third-order valence-electron chi connectivity index (χ3n) is 5.34. The zero-order valence-corrected chi connectivity index (χ0v) is 16.3. The Morgan fingerprint density at radius 1 is 1.19 bits per heavy atom. The van der Waals surface area contributed by atoms with Crippen LogP contribution in [0.2, 0.25) is 0 Å². The molecule has 1 aromatic carbocycles. The monoisotopic (exact) mass is 375 g/mol. The van der Waals surface area contributed by atoms with Gasteiger partial charge in [-0.25, -0.2) is 13.4 Å². The molecule has 1 aliphatic carbocycles. The van der Waals surface area contributed by atoms with Crippen molar-refractivity contribution in [3.8, 4) is 11.3 Å². The van der Waals surface area contributed by atoms with Crippen molar-refractivity contribution in [1.29, 1.82) is 0 Å². The standard InChI is InChI=1S/C19H25N3O3S/c1-13-4-5-16(18-11-20-15(3)25-18)10-19(13)26(23,24)22-9-8-21(12-14(22)2)17-6-7-17/h4-5,10-11,14,17H,6-9,12H2,1-3H3. The van der Waals surface area contributed by atoms with Crippen molar-refractivity contribution in [2.24, 2.45) is 0 Å². The summed E-state index contributed by atoms with van der Waals surface area (Å²) in [6.07, 6.45) is 4.13. The molecule has 0 radical (unpaired) electrons. The number of sulfonamides is 1. The molecule has 1 aliphatic heterocycles. The number of rotatable bonds is 4. The Morgan fingerprint density at radius 2 is 1.96 bits per heavy atom. The van der Waals surface area contributed by atoms with Crippen molar-refractivity contribution in [3.63, 3.8) is 0 Å². The lowest BCUT2D eigenvalue weighted by molar-refractivity contribution is 0.137. The Bertz CT molecular complexity index is 918. The highest BCUT2D eigenvalue weighted by Gasteiger charge is 2.39. The quantitative estimate of drug-likeness (QED) is 0.822. The van der Waals surface area contributed by atoms with Gasteiger partial charge in [0.15, 0.2) is 11.7 Å². The first-order valence-corrected chi connectivity index (χ1v) is 10.6. The SMILES string of the molecule is Cc1ncc(-c2ccc(C)c(S(=O)(=O)N3CCN(C4CC4)CC3C)c2)o1. The van der Waals surface area contributed by atoms with Crippen LogP contribution in [0.5, 0.6) is 0 Å². The van der Waals surface area contributed by atoms with Crippen molar-refractivity contribution >= 4 is 10.0 Å². The van der Waals surface area contributed by atoms with Crippen molar-refractivity contribution in [2.75, 3.05) is 19.6 Å². The molecule has 0 bridgehead atoms. The zero-order chi connectivity index (χ0) is 18.5. The molecule has 1 saturated heterocycles. The van der Waals surface area contributed by atoms with Crippen molar-refractivity contribution < 1.29 is 12.8 Å². The molecule has 2 heterocycles. The third kappa shape index (κ3) is 3.19. The maximum Gasteiger partial charge on any atom is 0.243 e. The van der Waals surface area contributed by atoms with Gasteiger partial charge >= 0.3 is 0 Å². The summed E-state index contributed by atoms with van der Waals surface area (Å²) in [5, 5.41) is 0. The summed E-state index contributed by atoms with van der Waals surface area (Å²) >= 11 is 0. The van der Waals surface area contributed by atoms with Crippen LogP contribution in [0, 0.1) is 13.8 Å².